The molecule has 3 heterocycles. The van der Waals surface area contributed by atoms with Crippen LogP contribution in [0.4, 0.5) is 0 Å². The van der Waals surface area contributed by atoms with Gasteiger partial charge in [-0.05, 0) is 37.6 Å². The van der Waals surface area contributed by atoms with Gasteiger partial charge in [0, 0.05) is 30.6 Å². The number of rotatable bonds is 4. The molecule has 0 aliphatic carbocycles. The van der Waals surface area contributed by atoms with Gasteiger partial charge < -0.3 is 9.64 Å². The molecule has 0 radical (unpaired) electrons. The first-order valence-electron chi connectivity index (χ1n) is 8.65. The van der Waals surface area contributed by atoms with Crippen LogP contribution in [0, 0.1) is 6.92 Å². The Balaban J connectivity index is 1.29. The topological polar surface area (TPSA) is 42.4 Å². The van der Waals surface area contributed by atoms with E-state index in [2.05, 4.69) is 4.98 Å². The Bertz CT molecular complexity index is 759. The molecule has 25 heavy (non-hydrogen) atoms. The monoisotopic (exact) mass is 354 g/mol. The summed E-state index contributed by atoms with van der Waals surface area (Å²) in [6.07, 6.45) is 3.06. The van der Waals surface area contributed by atoms with Crippen molar-refractivity contribution in [2.24, 2.45) is 0 Å². The maximum Gasteiger partial charge on any atom is 0.253 e. The van der Waals surface area contributed by atoms with Gasteiger partial charge in [-0.3, -0.25) is 9.78 Å². The van der Waals surface area contributed by atoms with Gasteiger partial charge >= 0.3 is 0 Å². The lowest BCUT2D eigenvalue weighted by molar-refractivity contribution is 0.0245. The van der Waals surface area contributed by atoms with Gasteiger partial charge in [-0.2, -0.15) is 0 Å². The van der Waals surface area contributed by atoms with Crippen LogP contribution >= 0.6 is 11.8 Å². The fourth-order valence-electron chi connectivity index (χ4n) is 3.57. The Morgan fingerprint density at radius 3 is 2.96 bits per heavy atom. The summed E-state index contributed by atoms with van der Waals surface area (Å²) >= 11 is 1.95. The van der Waals surface area contributed by atoms with Crippen LogP contribution in [0.2, 0.25) is 0 Å². The molecule has 1 aromatic carbocycles. The summed E-state index contributed by atoms with van der Waals surface area (Å²) in [5.41, 5.74) is 2.89. The van der Waals surface area contributed by atoms with E-state index in [0.717, 1.165) is 42.1 Å². The van der Waals surface area contributed by atoms with Crippen molar-refractivity contribution in [1.82, 2.24) is 9.88 Å². The summed E-state index contributed by atoms with van der Waals surface area (Å²) in [7, 11) is 0. The Labute approximate surface area is 152 Å². The van der Waals surface area contributed by atoms with Gasteiger partial charge in [0.1, 0.15) is 0 Å². The summed E-state index contributed by atoms with van der Waals surface area (Å²) in [6, 6.07) is 13.7. The van der Waals surface area contributed by atoms with Crippen molar-refractivity contribution in [2.75, 3.05) is 18.8 Å². The Kier molecular flexibility index (Phi) is 4.52. The highest BCUT2D eigenvalue weighted by molar-refractivity contribution is 8.01. The van der Waals surface area contributed by atoms with E-state index in [1.54, 1.807) is 6.20 Å². The largest absolute Gasteiger partial charge is 0.371 e. The number of nitrogens with zero attached hydrogens (tertiary/aromatic N) is 2. The second-order valence-corrected chi connectivity index (χ2v) is 8.47. The van der Waals surface area contributed by atoms with Crippen LogP contribution in [0.25, 0.3) is 0 Å². The number of amides is 1. The van der Waals surface area contributed by atoms with E-state index >= 15 is 0 Å². The zero-order valence-electron chi connectivity index (χ0n) is 14.4. The number of benzene rings is 1. The van der Waals surface area contributed by atoms with Crippen LogP contribution in [0.15, 0.2) is 48.7 Å². The number of aromatic nitrogens is 1. The average molecular weight is 354 g/mol. The minimum atomic E-state index is 0.146. The summed E-state index contributed by atoms with van der Waals surface area (Å²) in [6.45, 7) is 4.24. The molecule has 2 aliphatic rings. The number of likely N-dealkylation sites (tertiary alicyclic amines) is 1. The molecule has 2 fully saturated rings. The van der Waals surface area contributed by atoms with Crippen molar-refractivity contribution in [3.05, 3.63) is 65.5 Å². The first-order valence-corrected chi connectivity index (χ1v) is 9.64. The number of carbonyl (C=O) groups excluding carboxylic acids is 1. The number of hydrogen-bond donors (Lipinski definition) is 0. The van der Waals surface area contributed by atoms with E-state index in [1.165, 1.54) is 0 Å². The third-order valence-corrected chi connectivity index (χ3v) is 6.45. The summed E-state index contributed by atoms with van der Waals surface area (Å²) in [5.74, 6) is 1.15. The number of carbonyl (C=O) groups is 1. The second kappa shape index (κ2) is 6.81. The van der Waals surface area contributed by atoms with Crippen LogP contribution < -0.4 is 0 Å². The van der Waals surface area contributed by atoms with Crippen molar-refractivity contribution in [3.8, 4) is 0 Å². The Hall–Kier alpha value is -1.85. The van der Waals surface area contributed by atoms with Crippen molar-refractivity contribution < 1.29 is 9.53 Å². The lowest BCUT2D eigenvalue weighted by Crippen LogP contribution is -2.60. The van der Waals surface area contributed by atoms with Gasteiger partial charge in [-0.25, -0.2) is 0 Å². The first-order chi connectivity index (χ1) is 12.1. The van der Waals surface area contributed by atoms with Crippen LogP contribution in [0.3, 0.4) is 0 Å². The van der Waals surface area contributed by atoms with Gasteiger partial charge in [-0.15, -0.1) is 11.8 Å². The van der Waals surface area contributed by atoms with E-state index in [-0.39, 0.29) is 16.8 Å². The molecule has 130 valence electrons. The number of hydrogen-bond acceptors (Lipinski definition) is 4. The molecule has 0 N–H and O–H groups in total. The third kappa shape index (κ3) is 3.58. The van der Waals surface area contributed by atoms with Crippen molar-refractivity contribution in [3.63, 3.8) is 0 Å². The lowest BCUT2D eigenvalue weighted by atomic mass is 9.92. The van der Waals surface area contributed by atoms with Crippen LogP contribution in [0.1, 0.15) is 28.0 Å². The van der Waals surface area contributed by atoms with E-state index < -0.39 is 0 Å². The minimum absolute atomic E-state index is 0.146. The zero-order chi connectivity index (χ0) is 17.3. The fraction of sp³-hybridized carbons (Fsp3) is 0.400. The molecule has 2 saturated heterocycles. The highest BCUT2D eigenvalue weighted by Crippen LogP contribution is 2.46. The molecule has 5 heteroatoms. The first kappa shape index (κ1) is 16.6. The second-order valence-electron chi connectivity index (χ2n) is 6.98. The highest BCUT2D eigenvalue weighted by Gasteiger charge is 2.50. The van der Waals surface area contributed by atoms with E-state index in [0.29, 0.717) is 6.61 Å². The normalized spacial score (nSPS) is 21.3. The molecular formula is C20H22N2O2S. The van der Waals surface area contributed by atoms with E-state index in [1.807, 2.05) is 66.1 Å². The molecule has 4 rings (SSSR count). The summed E-state index contributed by atoms with van der Waals surface area (Å²) in [5, 5.41) is 0. The minimum Gasteiger partial charge on any atom is -0.371 e. The van der Waals surface area contributed by atoms with E-state index in [4.69, 9.17) is 4.74 Å². The average Bonchev–Trinajstić information content (AvgIpc) is 3.04. The maximum absolute atomic E-state index is 12.6. The Morgan fingerprint density at radius 1 is 1.32 bits per heavy atom. The predicted molar refractivity (Wildman–Crippen MR) is 99.7 cm³/mol. The molecule has 1 aromatic heterocycles. The molecule has 4 nitrogen and oxygen atoms in total. The predicted octanol–water partition coefficient (Wildman–Crippen LogP) is 3.31. The SMILES string of the molecule is Cc1cccc(C(=O)N2CC3(CC(OCc4ccccn4)CS3)C2)c1. The van der Waals surface area contributed by atoms with Gasteiger partial charge in [0.25, 0.3) is 5.91 Å². The fourth-order valence-corrected chi connectivity index (χ4v) is 5.12. The van der Waals surface area contributed by atoms with Gasteiger partial charge in [-0.1, -0.05) is 23.8 Å². The number of pyridine rings is 1. The van der Waals surface area contributed by atoms with Crippen LogP contribution in [0.5, 0.6) is 0 Å². The number of aryl methyl sites for hydroxylation is 1. The molecule has 2 aliphatic heterocycles. The summed E-state index contributed by atoms with van der Waals surface area (Å²) in [4.78, 5) is 18.9. The molecule has 2 aromatic rings. The van der Waals surface area contributed by atoms with Crippen LogP contribution in [-0.4, -0.2) is 45.5 Å². The molecular weight excluding hydrogens is 332 g/mol. The zero-order valence-corrected chi connectivity index (χ0v) is 15.2. The maximum atomic E-state index is 12.6. The van der Waals surface area contributed by atoms with Crippen molar-refractivity contribution >= 4 is 17.7 Å². The molecule has 1 amide bonds. The van der Waals surface area contributed by atoms with Crippen molar-refractivity contribution in [2.45, 2.75) is 30.8 Å². The third-order valence-electron chi connectivity index (χ3n) is 4.88. The lowest BCUT2D eigenvalue weighted by Gasteiger charge is -2.47. The molecule has 1 unspecified atom stereocenters. The molecule has 1 spiro atoms. The molecule has 0 saturated carbocycles. The smallest absolute Gasteiger partial charge is 0.253 e. The van der Waals surface area contributed by atoms with E-state index in [9.17, 15) is 4.79 Å². The van der Waals surface area contributed by atoms with Gasteiger partial charge in [0.05, 0.1) is 23.2 Å². The molecule has 1 atom stereocenters. The van der Waals surface area contributed by atoms with Crippen LogP contribution in [-0.2, 0) is 11.3 Å². The molecule has 0 bridgehead atoms. The number of ether oxygens (including phenoxy) is 1. The highest BCUT2D eigenvalue weighted by atomic mass is 32.2. The quantitative estimate of drug-likeness (QED) is 0.845. The van der Waals surface area contributed by atoms with Crippen molar-refractivity contribution in [1.29, 1.82) is 0 Å². The number of thioether (sulfide) groups is 1. The summed E-state index contributed by atoms with van der Waals surface area (Å²) < 4.78 is 6.22. The Morgan fingerprint density at radius 2 is 2.20 bits per heavy atom. The van der Waals surface area contributed by atoms with Gasteiger partial charge in [0.2, 0.25) is 0 Å². The van der Waals surface area contributed by atoms with Gasteiger partial charge in [0.15, 0.2) is 0 Å². The standard InChI is InChI=1S/C20H22N2O2S/c1-15-5-4-6-16(9-15)19(23)22-13-20(14-22)10-18(12-25-20)24-11-17-7-2-3-8-21-17/h2-9,18H,10-14H2,1H3.